The van der Waals surface area contributed by atoms with Crippen molar-refractivity contribution >= 4 is 23.6 Å². The summed E-state index contributed by atoms with van der Waals surface area (Å²) < 4.78 is 16.7. The van der Waals surface area contributed by atoms with Crippen LogP contribution in [0.15, 0.2) is 53.1 Å². The lowest BCUT2D eigenvalue weighted by Crippen LogP contribution is -2.41. The van der Waals surface area contributed by atoms with Gasteiger partial charge in [0, 0.05) is 24.4 Å². The van der Waals surface area contributed by atoms with Crippen molar-refractivity contribution in [2.45, 2.75) is 63.5 Å². The van der Waals surface area contributed by atoms with Crippen LogP contribution in [0.1, 0.15) is 93.8 Å². The molecule has 0 radical (unpaired) electrons. The van der Waals surface area contributed by atoms with Crippen LogP contribution in [-0.4, -0.2) is 59.6 Å². The molecule has 2 aromatic carbocycles. The SMILES string of the molecule is Cc1cc(C(=O)N[C@@H](C)[C@H](Oc2ccc(C(=O)O)c([C@H]3CNCCC3C(=O)[C@H]3COC(=O)C3)c2)c2ccc(C3CC3)cc2)no1. The molecular formula is C34H37N3O8. The molecule has 5 atom stereocenters. The number of piperidine rings is 1. The largest absolute Gasteiger partial charge is 0.484 e. The van der Waals surface area contributed by atoms with Gasteiger partial charge in [0.15, 0.2) is 5.69 Å². The second-order valence-electron chi connectivity index (χ2n) is 12.3. The molecule has 6 rings (SSSR count). The fourth-order valence-electron chi connectivity index (χ4n) is 6.45. The first-order chi connectivity index (χ1) is 21.7. The third-order valence-electron chi connectivity index (χ3n) is 9.01. The Kier molecular flexibility index (Phi) is 8.71. The van der Waals surface area contributed by atoms with Gasteiger partial charge in [0.05, 0.1) is 23.9 Å². The summed E-state index contributed by atoms with van der Waals surface area (Å²) >= 11 is 0. The van der Waals surface area contributed by atoms with Crippen LogP contribution in [0.25, 0.3) is 0 Å². The molecule has 3 fully saturated rings. The number of carboxylic acid groups (broad SMARTS) is 1. The maximum atomic E-state index is 13.6. The lowest BCUT2D eigenvalue weighted by Gasteiger charge is -2.34. The van der Waals surface area contributed by atoms with Crippen molar-refractivity contribution in [3.05, 3.63) is 82.2 Å². The number of ketones is 1. The third kappa shape index (κ3) is 6.78. The van der Waals surface area contributed by atoms with Gasteiger partial charge in [-0.3, -0.25) is 14.4 Å². The Morgan fingerprint density at radius 3 is 2.51 bits per heavy atom. The summed E-state index contributed by atoms with van der Waals surface area (Å²) in [6, 6.07) is 14.0. The molecule has 45 heavy (non-hydrogen) atoms. The van der Waals surface area contributed by atoms with Gasteiger partial charge in [-0.25, -0.2) is 4.79 Å². The number of esters is 1. The van der Waals surface area contributed by atoms with E-state index in [-0.39, 0.29) is 30.1 Å². The molecule has 236 valence electrons. The van der Waals surface area contributed by atoms with Crippen LogP contribution in [0.5, 0.6) is 5.75 Å². The molecule has 1 amide bonds. The van der Waals surface area contributed by atoms with Gasteiger partial charge in [0.25, 0.3) is 5.91 Å². The van der Waals surface area contributed by atoms with Crippen LogP contribution in [-0.2, 0) is 14.3 Å². The fraction of sp³-hybridized carbons (Fsp3) is 0.441. The standard InChI is InChI=1S/C34H37N3O8/c1-18-13-29(37-45-18)33(40)36-19(2)32(22-7-5-21(6-8-22)20-3-4-20)44-24-9-10-26(34(41)42)27(15-24)28-16-35-12-11-25(28)31(39)23-14-30(38)43-17-23/h5-10,13,15,19-20,23,25,28,32,35H,3-4,11-12,14,16-17H2,1-2H3,(H,36,40)(H,41,42)/t19-,23+,25?,28-,32-/m0/s1. The molecule has 3 aliphatic rings. The number of aromatic nitrogens is 1. The van der Waals surface area contributed by atoms with Crippen molar-refractivity contribution in [2.75, 3.05) is 19.7 Å². The highest BCUT2D eigenvalue weighted by atomic mass is 16.5. The van der Waals surface area contributed by atoms with Crippen LogP contribution in [0.3, 0.4) is 0 Å². The maximum absolute atomic E-state index is 13.6. The van der Waals surface area contributed by atoms with Gasteiger partial charge in [-0.05, 0) is 80.5 Å². The zero-order chi connectivity index (χ0) is 31.7. The zero-order valence-corrected chi connectivity index (χ0v) is 25.3. The van der Waals surface area contributed by atoms with E-state index in [0.29, 0.717) is 42.5 Å². The molecule has 1 unspecified atom stereocenters. The van der Waals surface area contributed by atoms with Gasteiger partial charge < -0.3 is 29.7 Å². The minimum atomic E-state index is -1.11. The number of amides is 1. The quantitative estimate of drug-likeness (QED) is 0.265. The molecule has 1 aromatic heterocycles. The highest BCUT2D eigenvalue weighted by molar-refractivity contribution is 5.93. The number of carbonyl (C=O) groups excluding carboxylic acids is 3. The summed E-state index contributed by atoms with van der Waals surface area (Å²) in [5.41, 5.74) is 2.82. The van der Waals surface area contributed by atoms with Crippen molar-refractivity contribution in [2.24, 2.45) is 11.8 Å². The van der Waals surface area contributed by atoms with Crippen molar-refractivity contribution in [3.8, 4) is 5.75 Å². The molecule has 1 saturated carbocycles. The van der Waals surface area contributed by atoms with E-state index < -0.39 is 47.7 Å². The summed E-state index contributed by atoms with van der Waals surface area (Å²) in [5.74, 6) is -1.95. The van der Waals surface area contributed by atoms with Gasteiger partial charge in [0.2, 0.25) is 0 Å². The Bertz CT molecular complexity index is 1590. The topological polar surface area (TPSA) is 157 Å². The number of aryl methyl sites for hydroxylation is 1. The Labute approximate surface area is 260 Å². The molecular weight excluding hydrogens is 578 g/mol. The van der Waals surface area contributed by atoms with Crippen LogP contribution >= 0.6 is 0 Å². The van der Waals surface area contributed by atoms with Crippen molar-refractivity contribution in [3.63, 3.8) is 0 Å². The van der Waals surface area contributed by atoms with Crippen LogP contribution in [0.2, 0.25) is 0 Å². The van der Waals surface area contributed by atoms with Gasteiger partial charge >= 0.3 is 11.9 Å². The average molecular weight is 616 g/mol. The number of nitrogens with zero attached hydrogens (tertiary/aromatic N) is 1. The molecule has 0 spiro atoms. The van der Waals surface area contributed by atoms with Crippen molar-refractivity contribution in [1.29, 1.82) is 0 Å². The highest BCUT2D eigenvalue weighted by Gasteiger charge is 2.40. The van der Waals surface area contributed by atoms with E-state index in [1.54, 1.807) is 25.1 Å². The highest BCUT2D eigenvalue weighted by Crippen LogP contribution is 2.41. The van der Waals surface area contributed by atoms with Crippen LogP contribution < -0.4 is 15.4 Å². The Balaban J connectivity index is 1.30. The number of carbonyl (C=O) groups is 4. The molecule has 1 aliphatic carbocycles. The predicted octanol–water partition coefficient (Wildman–Crippen LogP) is 4.32. The first kappa shape index (κ1) is 30.5. The Hall–Kier alpha value is -4.51. The third-order valence-corrected chi connectivity index (χ3v) is 9.01. The van der Waals surface area contributed by atoms with Crippen LogP contribution in [0.4, 0.5) is 0 Å². The number of Topliss-reactive ketones (excluding diaryl/α,β-unsaturated/α-hetero) is 1. The summed E-state index contributed by atoms with van der Waals surface area (Å²) in [7, 11) is 0. The first-order valence-corrected chi connectivity index (χ1v) is 15.5. The molecule has 2 saturated heterocycles. The van der Waals surface area contributed by atoms with Crippen molar-refractivity contribution < 1.29 is 38.3 Å². The van der Waals surface area contributed by atoms with Crippen LogP contribution in [0, 0.1) is 18.8 Å². The number of rotatable bonds is 11. The molecule has 11 nitrogen and oxygen atoms in total. The normalized spacial score (nSPS) is 22.7. The van der Waals surface area contributed by atoms with E-state index in [4.69, 9.17) is 14.0 Å². The molecule has 2 aliphatic heterocycles. The molecule has 11 heteroatoms. The number of aromatic carboxylic acids is 1. The van der Waals surface area contributed by atoms with Gasteiger partial charge in [0.1, 0.15) is 30.0 Å². The van der Waals surface area contributed by atoms with E-state index in [0.717, 1.165) is 5.56 Å². The lowest BCUT2D eigenvalue weighted by molar-refractivity contribution is -0.138. The number of cyclic esters (lactones) is 1. The smallest absolute Gasteiger partial charge is 0.335 e. The minimum absolute atomic E-state index is 0.0448. The summed E-state index contributed by atoms with van der Waals surface area (Å²) in [6.07, 6.45) is 2.26. The number of hydrogen-bond donors (Lipinski definition) is 3. The Morgan fingerprint density at radius 2 is 1.87 bits per heavy atom. The summed E-state index contributed by atoms with van der Waals surface area (Å²) in [6.45, 7) is 4.61. The molecule has 3 heterocycles. The lowest BCUT2D eigenvalue weighted by atomic mass is 9.74. The van der Waals surface area contributed by atoms with Crippen molar-refractivity contribution in [1.82, 2.24) is 15.8 Å². The molecule has 0 bridgehead atoms. The van der Waals surface area contributed by atoms with Gasteiger partial charge in [-0.2, -0.15) is 0 Å². The van der Waals surface area contributed by atoms with Gasteiger partial charge in [-0.15, -0.1) is 0 Å². The predicted molar refractivity (Wildman–Crippen MR) is 161 cm³/mol. The second kappa shape index (κ2) is 12.8. The first-order valence-electron chi connectivity index (χ1n) is 15.5. The summed E-state index contributed by atoms with van der Waals surface area (Å²) in [5, 5.41) is 20.2. The molecule has 3 aromatic rings. The average Bonchev–Trinajstić information content (AvgIpc) is 3.65. The number of nitrogens with one attached hydrogen (secondary N) is 2. The van der Waals surface area contributed by atoms with E-state index in [1.165, 1.54) is 24.5 Å². The number of hydrogen-bond acceptors (Lipinski definition) is 9. The van der Waals surface area contributed by atoms with E-state index >= 15 is 0 Å². The number of benzene rings is 2. The zero-order valence-electron chi connectivity index (χ0n) is 25.3. The van der Waals surface area contributed by atoms with E-state index in [9.17, 15) is 24.3 Å². The monoisotopic (exact) mass is 615 g/mol. The van der Waals surface area contributed by atoms with E-state index in [2.05, 4.69) is 27.9 Å². The van der Waals surface area contributed by atoms with E-state index in [1.807, 2.05) is 19.1 Å². The molecule has 3 N–H and O–H groups in total. The second-order valence-corrected chi connectivity index (χ2v) is 12.3. The Morgan fingerprint density at radius 1 is 1.09 bits per heavy atom. The number of carboxylic acids is 1. The minimum Gasteiger partial charge on any atom is -0.484 e. The van der Waals surface area contributed by atoms with Gasteiger partial charge in [-0.1, -0.05) is 29.4 Å². The maximum Gasteiger partial charge on any atom is 0.335 e. The fourth-order valence-corrected chi connectivity index (χ4v) is 6.45. The summed E-state index contributed by atoms with van der Waals surface area (Å²) in [4.78, 5) is 50.7. The number of ether oxygens (including phenoxy) is 2.